The predicted molar refractivity (Wildman–Crippen MR) is 99.9 cm³/mol. The van der Waals surface area contributed by atoms with Crippen LogP contribution in [0.4, 0.5) is 0 Å². The second-order valence-electron chi connectivity index (χ2n) is 5.05. The van der Waals surface area contributed by atoms with Crippen LogP contribution in [0.15, 0.2) is 16.7 Å². The number of allylic oxidation sites excluding steroid dienone is 4. The normalized spacial score (nSPS) is 15.3. The molecule has 0 bridgehead atoms. The summed E-state index contributed by atoms with van der Waals surface area (Å²) in [6, 6.07) is 0. The molecular weight excluding hydrogens is 384 g/mol. The molecule has 5 heteroatoms. The van der Waals surface area contributed by atoms with Gasteiger partial charge < -0.3 is 20.6 Å². The van der Waals surface area contributed by atoms with E-state index in [1.807, 2.05) is 27.7 Å². The molecule has 1 aliphatic rings. The summed E-state index contributed by atoms with van der Waals surface area (Å²) in [5.74, 6) is 0.560. The van der Waals surface area contributed by atoms with Crippen molar-refractivity contribution in [2.75, 3.05) is 0 Å². The van der Waals surface area contributed by atoms with Gasteiger partial charge in [-0.05, 0) is 0 Å². The fraction of sp³-hybridized carbons (Fsp3) is 0.600. The molecule has 0 amide bonds. The maximum atomic E-state index is 6.94. The summed E-state index contributed by atoms with van der Waals surface area (Å²) in [5.41, 5.74) is 10.9. The summed E-state index contributed by atoms with van der Waals surface area (Å²) in [5, 5.41) is 0. The summed E-state index contributed by atoms with van der Waals surface area (Å²) in [6.45, 7) is 16.2. The van der Waals surface area contributed by atoms with Crippen molar-refractivity contribution in [2.24, 2.45) is 5.92 Å². The molecule has 1 nitrogen and oxygen atoms in total. The van der Waals surface area contributed by atoms with E-state index in [-0.39, 0.29) is 45.2 Å². The molecule has 1 rings (SSSR count). The molecule has 0 spiro atoms. The first kappa shape index (κ1) is 37.4. The van der Waals surface area contributed by atoms with E-state index < -0.39 is 0 Å². The molecular formula is C15H33Cl2NSiZr-4. The summed E-state index contributed by atoms with van der Waals surface area (Å²) in [4.78, 5) is 0. The van der Waals surface area contributed by atoms with Crippen molar-refractivity contribution in [3.63, 3.8) is 0 Å². The van der Waals surface area contributed by atoms with Crippen LogP contribution in [0.3, 0.4) is 0 Å². The molecule has 1 unspecified atom stereocenters. The molecule has 124 valence electrons. The van der Waals surface area contributed by atoms with Crippen LogP contribution in [0.1, 0.15) is 48.5 Å². The van der Waals surface area contributed by atoms with Crippen LogP contribution in [0.5, 0.6) is 0 Å². The molecule has 1 N–H and O–H groups in total. The molecule has 0 saturated carbocycles. The standard InChI is InChI=1S/C9H13.C4H10N.2CH3.2ClH.H2Si.Zr/c1-6-5-7(2)9(4)8(6)3;1-4(2,3)5;;;;;;/h6H,1-4H3;5H,1-3H3;2*1H3;2*1H;1H2;/q4*-1;;;;. The Morgan fingerprint density at radius 3 is 1.35 bits per heavy atom. The molecule has 0 aromatic carbocycles. The van der Waals surface area contributed by atoms with E-state index >= 15 is 0 Å². The third-order valence-corrected chi connectivity index (χ3v) is 2.24. The van der Waals surface area contributed by atoms with E-state index in [0.29, 0.717) is 5.92 Å². The van der Waals surface area contributed by atoms with Crippen molar-refractivity contribution in [3.05, 3.63) is 43.4 Å². The quantitative estimate of drug-likeness (QED) is 0.373. The minimum absolute atomic E-state index is 0. The zero-order chi connectivity index (χ0) is 13.5. The van der Waals surface area contributed by atoms with Crippen LogP contribution in [0.2, 0.25) is 0 Å². The van der Waals surface area contributed by atoms with E-state index in [1.165, 1.54) is 16.7 Å². The van der Waals surface area contributed by atoms with Gasteiger partial charge in [0.05, 0.1) is 0 Å². The SMILES string of the molecule is CC(C)(C)[NH-].CC1=[C-]C(C)C(C)=C1C.Cl.Cl.[CH3-].[CH3-].[SiH2]=[Zr]. The van der Waals surface area contributed by atoms with Crippen molar-refractivity contribution in [3.8, 4) is 0 Å². The molecule has 0 saturated heterocycles. The Kier molecular flexibility index (Phi) is 34.0. The maximum absolute atomic E-state index is 6.94. The van der Waals surface area contributed by atoms with Gasteiger partial charge >= 0.3 is 30.2 Å². The van der Waals surface area contributed by atoms with Crippen molar-refractivity contribution in [1.29, 1.82) is 0 Å². The van der Waals surface area contributed by atoms with Gasteiger partial charge in [-0.25, -0.2) is 5.57 Å². The second-order valence-corrected chi connectivity index (χ2v) is 5.05. The van der Waals surface area contributed by atoms with E-state index in [2.05, 4.69) is 33.8 Å². The second kappa shape index (κ2) is 18.2. The molecule has 0 radical (unpaired) electrons. The Balaban J connectivity index is -0.0000000399. The average Bonchev–Trinajstić information content (AvgIpc) is 2.34. The first-order valence-corrected chi connectivity index (χ1v) is 11.4. The van der Waals surface area contributed by atoms with Gasteiger partial charge in [-0.3, -0.25) is 6.08 Å². The van der Waals surface area contributed by atoms with Gasteiger partial charge in [-0.1, -0.05) is 47.5 Å². The van der Waals surface area contributed by atoms with Crippen LogP contribution >= 0.6 is 24.8 Å². The Bertz CT molecular complexity index is 278. The van der Waals surface area contributed by atoms with Gasteiger partial charge in [0.2, 0.25) is 0 Å². The fourth-order valence-electron chi connectivity index (χ4n) is 1.16. The van der Waals surface area contributed by atoms with Crippen LogP contribution < -0.4 is 0 Å². The Morgan fingerprint density at radius 2 is 1.30 bits per heavy atom. The number of hydrogen-bond acceptors (Lipinski definition) is 0. The van der Waals surface area contributed by atoms with Crippen molar-refractivity contribution in [2.45, 2.75) is 54.0 Å². The van der Waals surface area contributed by atoms with Gasteiger partial charge in [-0.2, -0.15) is 11.1 Å². The summed E-state index contributed by atoms with van der Waals surface area (Å²) in [6.07, 6.45) is 3.36. The number of hydrogen-bond donors (Lipinski definition) is 0. The first-order chi connectivity index (χ1) is 7.13. The van der Waals surface area contributed by atoms with Crippen molar-refractivity contribution in [1.82, 2.24) is 0 Å². The monoisotopic (exact) mass is 415 g/mol. The minimum atomic E-state index is -0.250. The number of nitrogens with one attached hydrogen (secondary N) is 1. The molecule has 20 heavy (non-hydrogen) atoms. The van der Waals surface area contributed by atoms with Gasteiger partial charge in [0.1, 0.15) is 0 Å². The van der Waals surface area contributed by atoms with E-state index in [1.54, 1.807) is 23.3 Å². The van der Waals surface area contributed by atoms with E-state index in [9.17, 15) is 0 Å². The molecule has 0 aromatic rings. The fourth-order valence-corrected chi connectivity index (χ4v) is 1.16. The summed E-state index contributed by atoms with van der Waals surface area (Å²) < 4.78 is 0. The third-order valence-electron chi connectivity index (χ3n) is 2.24. The molecule has 0 aliphatic heterocycles. The zero-order valence-electron chi connectivity index (χ0n) is 14.6. The predicted octanol–water partition coefficient (Wildman–Crippen LogP) is 5.38. The van der Waals surface area contributed by atoms with Gasteiger partial charge in [-0.15, -0.1) is 37.3 Å². The van der Waals surface area contributed by atoms with E-state index in [4.69, 9.17) is 5.73 Å². The molecule has 1 atom stereocenters. The van der Waals surface area contributed by atoms with Crippen molar-refractivity contribution >= 4 is 31.7 Å². The molecule has 1 aliphatic carbocycles. The van der Waals surface area contributed by atoms with Crippen LogP contribution in [0, 0.1) is 26.8 Å². The van der Waals surface area contributed by atoms with Gasteiger partial charge in [0, 0.05) is 0 Å². The number of rotatable bonds is 0. The molecule has 0 heterocycles. The average molecular weight is 418 g/mol. The van der Waals surface area contributed by atoms with E-state index in [0.717, 1.165) is 0 Å². The Hall–Kier alpha value is 1.12. The number of halogens is 2. The zero-order valence-corrected chi connectivity index (χ0v) is 20.1. The van der Waals surface area contributed by atoms with Crippen molar-refractivity contribution < 1.29 is 23.3 Å². The van der Waals surface area contributed by atoms with Gasteiger partial charge in [0.25, 0.3) is 0 Å². The summed E-state index contributed by atoms with van der Waals surface area (Å²) in [7, 11) is 0. The van der Waals surface area contributed by atoms with Crippen LogP contribution in [0.25, 0.3) is 5.73 Å². The van der Waals surface area contributed by atoms with Gasteiger partial charge in [0.15, 0.2) is 0 Å². The first-order valence-electron chi connectivity index (χ1n) is 5.51. The molecule has 0 aromatic heterocycles. The molecule has 0 fully saturated rings. The Morgan fingerprint density at radius 1 is 1.05 bits per heavy atom. The third kappa shape index (κ3) is 21.4. The van der Waals surface area contributed by atoms with Crippen LogP contribution in [-0.2, 0) is 23.3 Å². The summed E-state index contributed by atoms with van der Waals surface area (Å²) >= 11 is 1.58. The van der Waals surface area contributed by atoms with Crippen LogP contribution in [-0.4, -0.2) is 12.4 Å². The Labute approximate surface area is 157 Å². The topological polar surface area (TPSA) is 23.8 Å².